The molecule has 0 spiro atoms. The van der Waals surface area contributed by atoms with Gasteiger partial charge in [0, 0.05) is 35.3 Å². The van der Waals surface area contributed by atoms with Crippen molar-refractivity contribution in [3.05, 3.63) is 70.8 Å². The molecule has 0 aliphatic carbocycles. The molecular formula is C20H17N3O2S. The minimum Gasteiger partial charge on any atom is -0.487 e. The number of amides is 1. The van der Waals surface area contributed by atoms with E-state index in [4.69, 9.17) is 4.74 Å². The van der Waals surface area contributed by atoms with E-state index in [-0.39, 0.29) is 12.0 Å². The molecule has 0 saturated heterocycles. The fourth-order valence-electron chi connectivity index (χ4n) is 2.91. The standard InChI is InChI=1S/C20H17N3O2S/c24-19(7-6-16-4-2-10-26-16)23-12-15-11-14-3-1-5-17(20(14)25-15)18-13-21-8-9-22-18/h1-10,13,15H,11-12H2,(H,23,24)/b7-6+. The maximum atomic E-state index is 12.0. The van der Waals surface area contributed by atoms with Gasteiger partial charge in [-0.2, -0.15) is 0 Å². The number of benzene rings is 1. The second-order valence-corrected chi connectivity index (χ2v) is 6.90. The van der Waals surface area contributed by atoms with Crippen LogP contribution < -0.4 is 10.1 Å². The van der Waals surface area contributed by atoms with Crippen molar-refractivity contribution in [1.82, 2.24) is 15.3 Å². The minimum absolute atomic E-state index is 0.0816. The summed E-state index contributed by atoms with van der Waals surface area (Å²) in [4.78, 5) is 21.5. The molecule has 6 heteroatoms. The topological polar surface area (TPSA) is 64.1 Å². The van der Waals surface area contributed by atoms with Gasteiger partial charge in [-0.05, 0) is 29.2 Å². The molecule has 4 rings (SSSR count). The summed E-state index contributed by atoms with van der Waals surface area (Å²) >= 11 is 1.60. The van der Waals surface area contributed by atoms with Gasteiger partial charge in [0.2, 0.25) is 5.91 Å². The number of rotatable bonds is 5. The Morgan fingerprint density at radius 1 is 1.31 bits per heavy atom. The maximum absolute atomic E-state index is 12.0. The number of carbonyl (C=O) groups excluding carboxylic acids is 1. The Kier molecular flexibility index (Phi) is 4.75. The zero-order valence-corrected chi connectivity index (χ0v) is 14.8. The fraction of sp³-hybridized carbons (Fsp3) is 0.150. The molecule has 5 nitrogen and oxygen atoms in total. The number of nitrogens with zero attached hydrogens (tertiary/aromatic N) is 2. The molecule has 0 saturated carbocycles. The van der Waals surface area contributed by atoms with Gasteiger partial charge >= 0.3 is 0 Å². The number of ether oxygens (including phenoxy) is 1. The number of hydrogen-bond acceptors (Lipinski definition) is 5. The summed E-state index contributed by atoms with van der Waals surface area (Å²) in [6, 6.07) is 9.96. The Morgan fingerprint density at radius 3 is 3.08 bits per heavy atom. The van der Waals surface area contributed by atoms with Gasteiger partial charge in [-0.1, -0.05) is 18.2 Å². The van der Waals surface area contributed by atoms with Gasteiger partial charge in [0.25, 0.3) is 0 Å². The van der Waals surface area contributed by atoms with Gasteiger partial charge in [0.1, 0.15) is 11.9 Å². The lowest BCUT2D eigenvalue weighted by molar-refractivity contribution is -0.116. The number of fused-ring (bicyclic) bond motifs is 1. The Labute approximate surface area is 155 Å². The molecule has 130 valence electrons. The summed E-state index contributed by atoms with van der Waals surface area (Å²) < 4.78 is 6.09. The quantitative estimate of drug-likeness (QED) is 0.706. The van der Waals surface area contributed by atoms with Crippen LogP contribution in [0.3, 0.4) is 0 Å². The summed E-state index contributed by atoms with van der Waals surface area (Å²) in [6.45, 7) is 0.461. The molecule has 3 heterocycles. The van der Waals surface area contributed by atoms with E-state index in [1.807, 2.05) is 41.8 Å². The van der Waals surface area contributed by atoms with Gasteiger partial charge < -0.3 is 10.1 Å². The van der Waals surface area contributed by atoms with Crippen LogP contribution in [0.1, 0.15) is 10.4 Å². The molecule has 0 fully saturated rings. The Morgan fingerprint density at radius 2 is 2.27 bits per heavy atom. The van der Waals surface area contributed by atoms with E-state index in [2.05, 4.69) is 15.3 Å². The molecule has 1 atom stereocenters. The number of thiophene rings is 1. The first-order valence-electron chi connectivity index (χ1n) is 8.34. The van der Waals surface area contributed by atoms with Crippen LogP contribution in [0.25, 0.3) is 17.3 Å². The molecule has 1 aliphatic heterocycles. The highest BCUT2D eigenvalue weighted by Gasteiger charge is 2.26. The summed E-state index contributed by atoms with van der Waals surface area (Å²) in [5.41, 5.74) is 2.84. The van der Waals surface area contributed by atoms with E-state index in [1.165, 1.54) is 0 Å². The third kappa shape index (κ3) is 3.65. The lowest BCUT2D eigenvalue weighted by atomic mass is 10.0. The van der Waals surface area contributed by atoms with Gasteiger partial charge in [-0.15, -0.1) is 11.3 Å². The average molecular weight is 363 g/mol. The van der Waals surface area contributed by atoms with Crippen molar-refractivity contribution in [2.75, 3.05) is 6.54 Å². The third-order valence-electron chi connectivity index (χ3n) is 4.11. The zero-order valence-electron chi connectivity index (χ0n) is 14.0. The van der Waals surface area contributed by atoms with Crippen LogP contribution in [-0.4, -0.2) is 28.5 Å². The number of para-hydroxylation sites is 1. The molecule has 3 aromatic rings. The van der Waals surface area contributed by atoms with E-state index in [0.717, 1.165) is 33.9 Å². The Bertz CT molecular complexity index is 923. The summed E-state index contributed by atoms with van der Waals surface area (Å²) in [5, 5.41) is 4.89. The average Bonchev–Trinajstić information content (AvgIpc) is 3.34. The predicted molar refractivity (Wildman–Crippen MR) is 102 cm³/mol. The van der Waals surface area contributed by atoms with Crippen LogP contribution in [0.15, 0.2) is 60.4 Å². The van der Waals surface area contributed by atoms with Crippen LogP contribution >= 0.6 is 11.3 Å². The molecule has 1 amide bonds. The van der Waals surface area contributed by atoms with E-state index < -0.39 is 0 Å². The number of aromatic nitrogens is 2. The van der Waals surface area contributed by atoms with Crippen molar-refractivity contribution >= 4 is 23.3 Å². The molecule has 0 radical (unpaired) electrons. The normalized spacial score (nSPS) is 15.6. The van der Waals surface area contributed by atoms with Crippen molar-refractivity contribution < 1.29 is 9.53 Å². The van der Waals surface area contributed by atoms with E-state index >= 15 is 0 Å². The Hall–Kier alpha value is -2.99. The molecule has 1 N–H and O–H groups in total. The van der Waals surface area contributed by atoms with Crippen molar-refractivity contribution in [2.45, 2.75) is 12.5 Å². The fourth-order valence-corrected chi connectivity index (χ4v) is 3.53. The van der Waals surface area contributed by atoms with Gasteiger partial charge in [-0.25, -0.2) is 0 Å². The van der Waals surface area contributed by atoms with Gasteiger partial charge in [0.05, 0.1) is 18.4 Å². The minimum atomic E-state index is -0.118. The largest absolute Gasteiger partial charge is 0.487 e. The van der Waals surface area contributed by atoms with E-state index in [0.29, 0.717) is 6.54 Å². The van der Waals surface area contributed by atoms with Gasteiger partial charge in [-0.3, -0.25) is 14.8 Å². The second kappa shape index (κ2) is 7.49. The first kappa shape index (κ1) is 16.5. The van der Waals surface area contributed by atoms with Crippen LogP contribution in [0.5, 0.6) is 5.75 Å². The summed E-state index contributed by atoms with van der Waals surface area (Å²) in [5.74, 6) is 0.716. The first-order valence-corrected chi connectivity index (χ1v) is 9.22. The lowest BCUT2D eigenvalue weighted by Gasteiger charge is -2.12. The molecule has 26 heavy (non-hydrogen) atoms. The van der Waals surface area contributed by atoms with Gasteiger partial charge in [0.15, 0.2) is 0 Å². The van der Waals surface area contributed by atoms with Crippen LogP contribution in [0.2, 0.25) is 0 Å². The smallest absolute Gasteiger partial charge is 0.244 e. The SMILES string of the molecule is O=C(/C=C/c1cccs1)NCC1Cc2cccc(-c3cnccn3)c2O1. The van der Waals surface area contributed by atoms with E-state index in [1.54, 1.807) is 36.0 Å². The lowest BCUT2D eigenvalue weighted by Crippen LogP contribution is -2.33. The monoisotopic (exact) mass is 363 g/mol. The zero-order chi connectivity index (χ0) is 17.8. The number of nitrogens with one attached hydrogen (secondary N) is 1. The van der Waals surface area contributed by atoms with Crippen molar-refractivity contribution in [3.8, 4) is 17.0 Å². The Balaban J connectivity index is 1.39. The molecular weight excluding hydrogens is 346 g/mol. The highest BCUT2D eigenvalue weighted by Crippen LogP contribution is 2.37. The van der Waals surface area contributed by atoms with Crippen molar-refractivity contribution in [1.29, 1.82) is 0 Å². The number of hydrogen-bond donors (Lipinski definition) is 1. The van der Waals surface area contributed by atoms with Crippen molar-refractivity contribution in [2.24, 2.45) is 0 Å². The second-order valence-electron chi connectivity index (χ2n) is 5.92. The molecule has 1 aromatic carbocycles. The summed E-state index contributed by atoms with van der Waals surface area (Å²) in [6.07, 6.45) is 9.09. The third-order valence-corrected chi connectivity index (χ3v) is 4.95. The van der Waals surface area contributed by atoms with Crippen LogP contribution in [-0.2, 0) is 11.2 Å². The predicted octanol–water partition coefficient (Wildman–Crippen LogP) is 3.34. The molecule has 1 aliphatic rings. The highest BCUT2D eigenvalue weighted by molar-refractivity contribution is 7.10. The first-order chi connectivity index (χ1) is 12.8. The summed E-state index contributed by atoms with van der Waals surface area (Å²) in [7, 11) is 0. The van der Waals surface area contributed by atoms with E-state index in [9.17, 15) is 4.79 Å². The number of carbonyl (C=O) groups is 1. The van der Waals surface area contributed by atoms with Crippen LogP contribution in [0, 0.1) is 0 Å². The highest BCUT2D eigenvalue weighted by atomic mass is 32.1. The molecule has 1 unspecified atom stereocenters. The van der Waals surface area contributed by atoms with Crippen molar-refractivity contribution in [3.63, 3.8) is 0 Å². The molecule has 2 aromatic heterocycles. The molecule has 0 bridgehead atoms. The maximum Gasteiger partial charge on any atom is 0.244 e. The van der Waals surface area contributed by atoms with Crippen LogP contribution in [0.4, 0.5) is 0 Å².